The number of rotatable bonds is 9. The third-order valence-electron chi connectivity index (χ3n) is 10.5. The molecule has 3 saturated carbocycles. The predicted molar refractivity (Wildman–Crippen MR) is 180 cm³/mol. The number of carbonyl (C=O) groups excluding carboxylic acids is 3. The van der Waals surface area contributed by atoms with Crippen LogP contribution >= 0.6 is 11.6 Å². The maximum absolute atomic E-state index is 15.3. The van der Waals surface area contributed by atoms with E-state index in [1.54, 1.807) is 12.1 Å². The molecule has 0 spiro atoms. The Labute approximate surface area is 297 Å². The van der Waals surface area contributed by atoms with E-state index in [0.717, 1.165) is 49.1 Å². The van der Waals surface area contributed by atoms with Crippen LogP contribution in [-0.4, -0.2) is 64.7 Å². The van der Waals surface area contributed by atoms with Gasteiger partial charge in [-0.3, -0.25) is 29.1 Å². The molecule has 2 unspecified atom stereocenters. The van der Waals surface area contributed by atoms with Crippen molar-refractivity contribution in [3.8, 4) is 6.07 Å². The number of piperazine rings is 1. The Morgan fingerprint density at radius 2 is 1.76 bits per heavy atom. The highest BCUT2D eigenvalue weighted by Gasteiger charge is 2.53. The molecule has 4 atom stereocenters. The minimum absolute atomic E-state index is 0.00305. The van der Waals surface area contributed by atoms with E-state index in [1.165, 1.54) is 35.4 Å². The standard InChI is InChI=1S/C37H35ClF4N6O3/c38-29-8-4-3-7-27(29)34(35(50)45-25-16-37(41,42)17-25)47(26-13-23(39)12-24(40)14-26)36(51)31-19-46(30-15-28(30)22-5-1-2-6-22)20-33(49)48(31)32-11-21(18-43)9-10-44-32/h3-4,7-14,22,25,28,30-31,34H,1-2,5-6,15-17,19-20H2,(H,45,50)/t28?,30?,31-,34-/m0/s1. The molecular formula is C37H35ClF4N6O3. The van der Waals surface area contributed by atoms with E-state index >= 15 is 4.79 Å². The Morgan fingerprint density at radius 3 is 2.43 bits per heavy atom. The first-order chi connectivity index (χ1) is 24.4. The maximum Gasteiger partial charge on any atom is 0.252 e. The average molecular weight is 723 g/mol. The van der Waals surface area contributed by atoms with Crippen LogP contribution in [-0.2, 0) is 14.4 Å². The zero-order chi connectivity index (χ0) is 36.0. The van der Waals surface area contributed by atoms with Gasteiger partial charge < -0.3 is 5.32 Å². The molecule has 266 valence electrons. The molecule has 1 saturated heterocycles. The highest BCUT2D eigenvalue weighted by molar-refractivity contribution is 6.31. The molecule has 4 fully saturated rings. The molecule has 1 N–H and O–H groups in total. The first kappa shape index (κ1) is 34.9. The van der Waals surface area contributed by atoms with E-state index in [0.29, 0.717) is 17.9 Å². The molecule has 1 aromatic heterocycles. The molecule has 7 rings (SSSR count). The SMILES string of the molecule is N#Cc1ccnc(N2C(=O)CN(C3CC3C3CCCC3)C[C@H]2C(=O)N(c2cc(F)cc(F)c2)[C@H](C(=O)NC2CC(F)(F)C2)c2ccccc2Cl)c1. The van der Waals surface area contributed by atoms with Gasteiger partial charge in [-0.1, -0.05) is 55.5 Å². The van der Waals surface area contributed by atoms with Gasteiger partial charge in [0, 0.05) is 54.3 Å². The Hall–Kier alpha value is -4.54. The summed E-state index contributed by atoms with van der Waals surface area (Å²) in [6.45, 7) is -0.0357. The lowest BCUT2D eigenvalue weighted by Crippen LogP contribution is -2.64. The normalized spacial score (nSPS) is 24.0. The van der Waals surface area contributed by atoms with Crippen LogP contribution in [0.4, 0.5) is 29.1 Å². The largest absolute Gasteiger partial charge is 0.351 e. The van der Waals surface area contributed by atoms with E-state index in [1.807, 2.05) is 11.0 Å². The molecule has 4 aliphatic rings. The summed E-state index contributed by atoms with van der Waals surface area (Å²) in [5, 5.41) is 12.2. The Bertz CT molecular complexity index is 1870. The number of benzene rings is 2. The van der Waals surface area contributed by atoms with Crippen molar-refractivity contribution in [1.29, 1.82) is 5.26 Å². The fraction of sp³-hybridized carbons (Fsp3) is 0.432. The van der Waals surface area contributed by atoms with Crippen LogP contribution < -0.4 is 15.1 Å². The Kier molecular flexibility index (Phi) is 9.50. The second-order valence-corrected chi connectivity index (χ2v) is 14.4. The van der Waals surface area contributed by atoms with Gasteiger partial charge in [0.2, 0.25) is 11.8 Å². The topological polar surface area (TPSA) is 110 Å². The van der Waals surface area contributed by atoms with Gasteiger partial charge in [0.15, 0.2) is 0 Å². The van der Waals surface area contributed by atoms with E-state index < -0.39 is 66.2 Å². The van der Waals surface area contributed by atoms with Gasteiger partial charge >= 0.3 is 0 Å². The van der Waals surface area contributed by atoms with Crippen LogP contribution in [0.15, 0.2) is 60.8 Å². The lowest BCUT2D eigenvalue weighted by atomic mass is 9.87. The van der Waals surface area contributed by atoms with Crippen molar-refractivity contribution in [1.82, 2.24) is 15.2 Å². The summed E-state index contributed by atoms with van der Waals surface area (Å²) in [7, 11) is 0. The third-order valence-corrected chi connectivity index (χ3v) is 10.9. The fourth-order valence-corrected chi connectivity index (χ4v) is 8.27. The second-order valence-electron chi connectivity index (χ2n) is 14.0. The van der Waals surface area contributed by atoms with Crippen LogP contribution in [0.3, 0.4) is 0 Å². The Morgan fingerprint density at radius 1 is 1.06 bits per heavy atom. The number of nitriles is 1. The van der Waals surface area contributed by atoms with Crippen LogP contribution in [0.2, 0.25) is 5.02 Å². The zero-order valence-electron chi connectivity index (χ0n) is 27.5. The number of amides is 3. The highest BCUT2D eigenvalue weighted by atomic mass is 35.5. The summed E-state index contributed by atoms with van der Waals surface area (Å²) in [6.07, 6.45) is 5.43. The van der Waals surface area contributed by atoms with Crippen LogP contribution in [0.1, 0.15) is 62.1 Å². The molecule has 1 aliphatic heterocycles. The van der Waals surface area contributed by atoms with Crippen molar-refractivity contribution < 1.29 is 31.9 Å². The number of anilines is 2. The lowest BCUT2D eigenvalue weighted by Gasteiger charge is -2.43. The van der Waals surface area contributed by atoms with Gasteiger partial charge in [0.05, 0.1) is 23.9 Å². The van der Waals surface area contributed by atoms with Gasteiger partial charge in [-0.25, -0.2) is 22.5 Å². The number of hydrogen-bond acceptors (Lipinski definition) is 6. The first-order valence-electron chi connectivity index (χ1n) is 17.1. The van der Waals surface area contributed by atoms with E-state index in [-0.39, 0.29) is 46.8 Å². The summed E-state index contributed by atoms with van der Waals surface area (Å²) >= 11 is 6.61. The molecule has 9 nitrogen and oxygen atoms in total. The summed E-state index contributed by atoms with van der Waals surface area (Å²) in [6, 6.07) is 9.30. The van der Waals surface area contributed by atoms with Gasteiger partial charge in [-0.15, -0.1) is 0 Å². The van der Waals surface area contributed by atoms with Crippen molar-refractivity contribution in [2.75, 3.05) is 22.9 Å². The molecule has 0 bridgehead atoms. The van der Waals surface area contributed by atoms with Gasteiger partial charge in [0.1, 0.15) is 29.5 Å². The van der Waals surface area contributed by atoms with Crippen LogP contribution in [0, 0.1) is 34.8 Å². The smallest absolute Gasteiger partial charge is 0.252 e. The molecular weight excluding hydrogens is 688 g/mol. The number of pyridine rings is 1. The molecule has 0 radical (unpaired) electrons. The lowest BCUT2D eigenvalue weighted by molar-refractivity contribution is -0.134. The van der Waals surface area contributed by atoms with Crippen LogP contribution in [0.5, 0.6) is 0 Å². The molecule has 2 heterocycles. The number of halogens is 5. The molecule has 3 aliphatic carbocycles. The summed E-state index contributed by atoms with van der Waals surface area (Å²) in [4.78, 5) is 51.9. The highest BCUT2D eigenvalue weighted by Crippen LogP contribution is 2.49. The van der Waals surface area contributed by atoms with Crippen molar-refractivity contribution in [2.24, 2.45) is 11.8 Å². The van der Waals surface area contributed by atoms with Gasteiger partial charge in [0.25, 0.3) is 11.8 Å². The van der Waals surface area contributed by atoms with E-state index in [2.05, 4.69) is 10.3 Å². The van der Waals surface area contributed by atoms with Gasteiger partial charge in [-0.05, 0) is 48.6 Å². The summed E-state index contributed by atoms with van der Waals surface area (Å²) in [5.41, 5.74) is -0.103. The number of nitrogens with zero attached hydrogens (tertiary/aromatic N) is 5. The minimum Gasteiger partial charge on any atom is -0.351 e. The Balaban J connectivity index is 1.33. The average Bonchev–Trinajstić information content (AvgIpc) is 3.69. The second kappa shape index (κ2) is 13.9. The van der Waals surface area contributed by atoms with Gasteiger partial charge in [-0.2, -0.15) is 5.26 Å². The van der Waals surface area contributed by atoms with Crippen molar-refractivity contribution in [2.45, 2.75) is 75.0 Å². The number of carbonyl (C=O) groups is 3. The van der Waals surface area contributed by atoms with Crippen LogP contribution in [0.25, 0.3) is 0 Å². The number of aromatic nitrogens is 1. The number of hydrogen-bond donors (Lipinski definition) is 1. The monoisotopic (exact) mass is 722 g/mol. The van der Waals surface area contributed by atoms with E-state index in [4.69, 9.17) is 11.6 Å². The fourth-order valence-electron chi connectivity index (χ4n) is 8.03. The molecule has 14 heteroatoms. The quantitative estimate of drug-likeness (QED) is 0.265. The van der Waals surface area contributed by atoms with E-state index in [9.17, 15) is 32.4 Å². The maximum atomic E-state index is 15.3. The van der Waals surface area contributed by atoms with Crippen molar-refractivity contribution in [3.05, 3.63) is 88.6 Å². The number of alkyl halides is 2. The first-order valence-corrected chi connectivity index (χ1v) is 17.4. The predicted octanol–water partition coefficient (Wildman–Crippen LogP) is 6.17. The zero-order valence-corrected chi connectivity index (χ0v) is 28.2. The molecule has 3 amide bonds. The third kappa shape index (κ3) is 7.17. The minimum atomic E-state index is -2.98. The molecule has 2 aromatic carbocycles. The summed E-state index contributed by atoms with van der Waals surface area (Å²) < 4.78 is 57.6. The summed E-state index contributed by atoms with van der Waals surface area (Å²) in [5.74, 6) is -6.45. The molecule has 3 aromatic rings. The van der Waals surface area contributed by atoms with Crippen molar-refractivity contribution >= 4 is 40.8 Å². The number of nitrogens with one attached hydrogen (secondary N) is 1. The molecule has 51 heavy (non-hydrogen) atoms. The van der Waals surface area contributed by atoms with Crippen molar-refractivity contribution in [3.63, 3.8) is 0 Å².